The molecule has 0 radical (unpaired) electrons. The first-order valence-electron chi connectivity index (χ1n) is 3.92. The van der Waals surface area contributed by atoms with Crippen molar-refractivity contribution in [3.05, 3.63) is 23.9 Å². The molecule has 0 spiro atoms. The molecule has 14 heavy (non-hydrogen) atoms. The first kappa shape index (κ1) is 10.8. The summed E-state index contributed by atoms with van der Waals surface area (Å²) in [6.45, 7) is 0. The van der Waals surface area contributed by atoms with Gasteiger partial charge >= 0.3 is 6.18 Å². The zero-order valence-electron chi connectivity index (χ0n) is 7.25. The third-order valence-electron chi connectivity index (χ3n) is 1.69. The predicted octanol–water partition coefficient (Wildman–Crippen LogP) is 1.62. The van der Waals surface area contributed by atoms with Gasteiger partial charge in [0, 0.05) is 12.2 Å². The quantitative estimate of drug-likeness (QED) is 0.770. The second-order valence-electron chi connectivity index (χ2n) is 2.94. The molecule has 6 heteroatoms. The van der Waals surface area contributed by atoms with Gasteiger partial charge in [-0.05, 0) is 11.6 Å². The second kappa shape index (κ2) is 3.83. The van der Waals surface area contributed by atoms with Crippen molar-refractivity contribution in [2.24, 2.45) is 5.73 Å². The highest BCUT2D eigenvalue weighted by Gasteiger charge is 2.30. The molecule has 1 heterocycles. The van der Waals surface area contributed by atoms with Crippen LogP contribution in [0.15, 0.2) is 18.3 Å². The molecule has 0 fully saturated rings. The van der Waals surface area contributed by atoms with E-state index in [4.69, 9.17) is 11.5 Å². The summed E-state index contributed by atoms with van der Waals surface area (Å²) in [6.07, 6.45) is -4.06. The monoisotopic (exact) mass is 205 g/mol. The number of pyridine rings is 1. The summed E-state index contributed by atoms with van der Waals surface area (Å²) >= 11 is 0. The lowest BCUT2D eigenvalue weighted by atomic mass is 10.1. The minimum atomic E-state index is -4.26. The SMILES string of the molecule is Nc1ccc([C@H](N)CC(F)(F)F)cn1. The van der Waals surface area contributed by atoms with Crippen LogP contribution in [0.4, 0.5) is 19.0 Å². The number of anilines is 1. The number of nitrogens with two attached hydrogens (primary N) is 2. The van der Waals surface area contributed by atoms with Crippen molar-refractivity contribution in [2.75, 3.05) is 5.73 Å². The van der Waals surface area contributed by atoms with Crippen molar-refractivity contribution in [2.45, 2.75) is 18.6 Å². The van der Waals surface area contributed by atoms with E-state index in [1.165, 1.54) is 18.3 Å². The number of nitrogen functional groups attached to an aromatic ring is 1. The van der Waals surface area contributed by atoms with Crippen LogP contribution < -0.4 is 11.5 Å². The van der Waals surface area contributed by atoms with Gasteiger partial charge in [0.2, 0.25) is 0 Å². The van der Waals surface area contributed by atoms with Gasteiger partial charge in [-0.15, -0.1) is 0 Å². The molecule has 0 aliphatic carbocycles. The molecule has 78 valence electrons. The molecule has 0 amide bonds. The van der Waals surface area contributed by atoms with Gasteiger partial charge in [-0.3, -0.25) is 0 Å². The summed E-state index contributed by atoms with van der Waals surface area (Å²) in [7, 11) is 0. The molecule has 1 rings (SSSR count). The molecular weight excluding hydrogens is 195 g/mol. The van der Waals surface area contributed by atoms with Crippen LogP contribution in [-0.2, 0) is 0 Å². The predicted molar refractivity (Wildman–Crippen MR) is 46.2 cm³/mol. The largest absolute Gasteiger partial charge is 0.390 e. The minimum Gasteiger partial charge on any atom is -0.384 e. The molecule has 0 aliphatic rings. The lowest BCUT2D eigenvalue weighted by Gasteiger charge is -2.13. The van der Waals surface area contributed by atoms with E-state index < -0.39 is 18.6 Å². The average Bonchev–Trinajstić information content (AvgIpc) is 2.02. The molecule has 4 N–H and O–H groups in total. The Morgan fingerprint density at radius 2 is 2.00 bits per heavy atom. The molecular formula is C8H10F3N3. The van der Waals surface area contributed by atoms with Crippen molar-refractivity contribution in [3.63, 3.8) is 0 Å². The highest BCUT2D eigenvalue weighted by atomic mass is 19.4. The third-order valence-corrected chi connectivity index (χ3v) is 1.69. The fraction of sp³-hybridized carbons (Fsp3) is 0.375. The summed E-state index contributed by atoms with van der Waals surface area (Å²) in [5.41, 5.74) is 10.9. The van der Waals surface area contributed by atoms with Gasteiger partial charge in [0.1, 0.15) is 5.82 Å². The van der Waals surface area contributed by atoms with Gasteiger partial charge in [-0.1, -0.05) is 6.07 Å². The zero-order chi connectivity index (χ0) is 10.8. The molecule has 0 unspecified atom stereocenters. The van der Waals surface area contributed by atoms with Gasteiger partial charge in [0.05, 0.1) is 6.42 Å². The molecule has 0 aliphatic heterocycles. The highest BCUT2D eigenvalue weighted by molar-refractivity contribution is 5.30. The maximum absolute atomic E-state index is 11.9. The number of hydrogen-bond donors (Lipinski definition) is 2. The molecule has 1 aromatic rings. The van der Waals surface area contributed by atoms with Crippen LogP contribution >= 0.6 is 0 Å². The van der Waals surface area contributed by atoms with E-state index in [9.17, 15) is 13.2 Å². The van der Waals surface area contributed by atoms with E-state index in [0.717, 1.165) is 0 Å². The van der Waals surface area contributed by atoms with Crippen LogP contribution in [0.2, 0.25) is 0 Å². The highest BCUT2D eigenvalue weighted by Crippen LogP contribution is 2.27. The number of nitrogens with zero attached hydrogens (tertiary/aromatic N) is 1. The summed E-state index contributed by atoms with van der Waals surface area (Å²) < 4.78 is 35.8. The Bertz CT molecular complexity index is 294. The lowest BCUT2D eigenvalue weighted by molar-refractivity contribution is -0.138. The number of hydrogen-bond acceptors (Lipinski definition) is 3. The molecule has 0 saturated heterocycles. The van der Waals surface area contributed by atoms with Crippen LogP contribution in [0.25, 0.3) is 0 Å². The number of alkyl halides is 3. The molecule has 1 aromatic heterocycles. The van der Waals surface area contributed by atoms with E-state index >= 15 is 0 Å². The maximum atomic E-state index is 11.9. The van der Waals surface area contributed by atoms with Gasteiger partial charge in [-0.2, -0.15) is 13.2 Å². The fourth-order valence-corrected chi connectivity index (χ4v) is 1.00. The lowest BCUT2D eigenvalue weighted by Crippen LogP contribution is -2.20. The molecule has 0 aromatic carbocycles. The maximum Gasteiger partial charge on any atom is 0.390 e. The Morgan fingerprint density at radius 1 is 1.36 bits per heavy atom. The van der Waals surface area contributed by atoms with E-state index in [1.54, 1.807) is 0 Å². The van der Waals surface area contributed by atoms with Gasteiger partial charge in [0.25, 0.3) is 0 Å². The van der Waals surface area contributed by atoms with Gasteiger partial charge in [0.15, 0.2) is 0 Å². The Hall–Kier alpha value is -1.30. The van der Waals surface area contributed by atoms with Gasteiger partial charge in [-0.25, -0.2) is 4.98 Å². The minimum absolute atomic E-state index is 0.257. The van der Waals surface area contributed by atoms with Crippen LogP contribution in [0.1, 0.15) is 18.0 Å². The number of aromatic nitrogens is 1. The average molecular weight is 205 g/mol. The Balaban J connectivity index is 2.70. The van der Waals surface area contributed by atoms with E-state index in [0.29, 0.717) is 5.56 Å². The summed E-state index contributed by atoms with van der Waals surface area (Å²) in [4.78, 5) is 3.66. The normalized spacial score (nSPS) is 14.0. The molecule has 3 nitrogen and oxygen atoms in total. The summed E-state index contributed by atoms with van der Waals surface area (Å²) in [6, 6.07) is 1.78. The van der Waals surface area contributed by atoms with E-state index in [1.807, 2.05) is 0 Å². The van der Waals surface area contributed by atoms with E-state index in [2.05, 4.69) is 4.98 Å². The second-order valence-corrected chi connectivity index (χ2v) is 2.94. The first-order chi connectivity index (χ1) is 6.38. The molecule has 1 atom stereocenters. The standard InChI is InChI=1S/C8H10F3N3/c9-8(10,11)3-6(12)5-1-2-7(13)14-4-5/h1-2,4,6H,3,12H2,(H2,13,14)/t6-/m1/s1. The van der Waals surface area contributed by atoms with Crippen molar-refractivity contribution in [1.82, 2.24) is 4.98 Å². The van der Waals surface area contributed by atoms with Crippen LogP contribution in [0, 0.1) is 0 Å². The Morgan fingerprint density at radius 3 is 2.43 bits per heavy atom. The number of rotatable bonds is 2. The topological polar surface area (TPSA) is 64.9 Å². The Kier molecular flexibility index (Phi) is 2.95. The van der Waals surface area contributed by atoms with Gasteiger partial charge < -0.3 is 11.5 Å². The Labute approximate surface area is 78.9 Å². The zero-order valence-corrected chi connectivity index (χ0v) is 7.25. The van der Waals surface area contributed by atoms with Crippen molar-refractivity contribution in [3.8, 4) is 0 Å². The summed E-state index contributed by atoms with van der Waals surface area (Å²) in [5.74, 6) is 0.257. The van der Waals surface area contributed by atoms with Crippen LogP contribution in [0.5, 0.6) is 0 Å². The van der Waals surface area contributed by atoms with Crippen molar-refractivity contribution < 1.29 is 13.2 Å². The summed E-state index contributed by atoms with van der Waals surface area (Å²) in [5, 5.41) is 0. The molecule has 0 bridgehead atoms. The first-order valence-corrected chi connectivity index (χ1v) is 3.92. The fourth-order valence-electron chi connectivity index (χ4n) is 1.00. The van der Waals surface area contributed by atoms with Crippen molar-refractivity contribution >= 4 is 5.82 Å². The van der Waals surface area contributed by atoms with Crippen molar-refractivity contribution in [1.29, 1.82) is 0 Å². The molecule has 0 saturated carbocycles. The third kappa shape index (κ3) is 3.21. The van der Waals surface area contributed by atoms with Crippen LogP contribution in [-0.4, -0.2) is 11.2 Å². The van der Waals surface area contributed by atoms with E-state index in [-0.39, 0.29) is 5.82 Å². The van der Waals surface area contributed by atoms with Crippen LogP contribution in [0.3, 0.4) is 0 Å². The number of halogens is 3. The smallest absolute Gasteiger partial charge is 0.384 e.